The average molecular weight is 470 g/mol. The van der Waals surface area contributed by atoms with Gasteiger partial charge in [0.05, 0.1) is 6.54 Å². The van der Waals surface area contributed by atoms with Crippen LogP contribution in [0.3, 0.4) is 0 Å². The quantitative estimate of drug-likeness (QED) is 0.482. The number of benzene rings is 1. The molecule has 160 valence electrons. The molecule has 3 aromatic heterocycles. The molecule has 0 spiro atoms. The number of anilines is 1. The van der Waals surface area contributed by atoms with Crippen LogP contribution in [0.15, 0.2) is 36.7 Å². The Morgan fingerprint density at radius 1 is 1.19 bits per heavy atom. The molecule has 0 unspecified atom stereocenters. The monoisotopic (exact) mass is 469 g/mol. The van der Waals surface area contributed by atoms with E-state index in [0.717, 1.165) is 11.6 Å². The first-order valence-corrected chi connectivity index (χ1v) is 9.46. The fourth-order valence-electron chi connectivity index (χ4n) is 2.87. The zero-order valence-corrected chi connectivity index (χ0v) is 17.2. The minimum absolute atomic E-state index is 0.0691. The van der Waals surface area contributed by atoms with Crippen LogP contribution in [0.25, 0.3) is 5.65 Å². The van der Waals surface area contributed by atoms with E-state index >= 15 is 0 Å². The van der Waals surface area contributed by atoms with Crippen LogP contribution in [0.4, 0.5) is 19.1 Å². The Hall–Kier alpha value is -3.18. The Kier molecular flexibility index (Phi) is 5.31. The number of nitrogens with zero attached hydrogens (tertiary/aromatic N) is 6. The summed E-state index contributed by atoms with van der Waals surface area (Å²) in [5, 5.41) is 10.4. The van der Waals surface area contributed by atoms with Crippen LogP contribution >= 0.6 is 23.2 Å². The Balaban J connectivity index is 1.59. The number of hydrogen-bond donors (Lipinski definition) is 1. The van der Waals surface area contributed by atoms with E-state index in [-0.39, 0.29) is 22.3 Å². The van der Waals surface area contributed by atoms with E-state index in [1.54, 1.807) is 18.2 Å². The van der Waals surface area contributed by atoms with E-state index in [4.69, 9.17) is 23.2 Å². The summed E-state index contributed by atoms with van der Waals surface area (Å²) in [4.78, 5) is 20.5. The molecule has 1 aromatic carbocycles. The molecule has 0 aliphatic rings. The topological polar surface area (TPSA) is 90.0 Å². The molecular formula is C18H12Cl2F3N7O. The lowest BCUT2D eigenvalue weighted by Crippen LogP contribution is -2.16. The van der Waals surface area contributed by atoms with Crippen molar-refractivity contribution in [1.29, 1.82) is 0 Å². The third-order valence-electron chi connectivity index (χ3n) is 4.16. The normalized spacial score (nSPS) is 11.8. The molecule has 1 amide bonds. The SMILES string of the molecule is Cc1cc(C(F)(F)F)n2nc(C(=O)Nc3ncn(Cc4cccc(Cl)c4)n3)c(Cl)c2n1. The van der Waals surface area contributed by atoms with Crippen LogP contribution in [-0.4, -0.2) is 35.3 Å². The number of amides is 1. The number of nitrogens with one attached hydrogen (secondary N) is 1. The lowest BCUT2D eigenvalue weighted by molar-refractivity contribution is -0.142. The zero-order valence-electron chi connectivity index (χ0n) is 15.7. The molecule has 0 radical (unpaired) electrons. The van der Waals surface area contributed by atoms with Gasteiger partial charge in [0.25, 0.3) is 5.91 Å². The van der Waals surface area contributed by atoms with Crippen molar-refractivity contribution in [2.75, 3.05) is 5.32 Å². The van der Waals surface area contributed by atoms with Crippen molar-refractivity contribution in [3.63, 3.8) is 0 Å². The van der Waals surface area contributed by atoms with Crippen molar-refractivity contribution in [2.24, 2.45) is 0 Å². The molecule has 13 heteroatoms. The second-order valence-electron chi connectivity index (χ2n) is 6.53. The smallest absolute Gasteiger partial charge is 0.288 e. The van der Waals surface area contributed by atoms with Gasteiger partial charge in [-0.05, 0) is 30.7 Å². The lowest BCUT2D eigenvalue weighted by Gasteiger charge is -2.09. The van der Waals surface area contributed by atoms with Crippen LogP contribution in [0.1, 0.15) is 27.4 Å². The number of fused-ring (bicyclic) bond motifs is 1. The van der Waals surface area contributed by atoms with Gasteiger partial charge in [0.15, 0.2) is 11.3 Å². The fraction of sp³-hybridized carbons (Fsp3) is 0.167. The van der Waals surface area contributed by atoms with Crippen molar-refractivity contribution in [3.8, 4) is 0 Å². The van der Waals surface area contributed by atoms with Crippen molar-refractivity contribution < 1.29 is 18.0 Å². The van der Waals surface area contributed by atoms with Crippen LogP contribution < -0.4 is 5.32 Å². The first-order valence-electron chi connectivity index (χ1n) is 8.70. The molecule has 0 aliphatic heterocycles. The van der Waals surface area contributed by atoms with Crippen LogP contribution in [0.2, 0.25) is 10.0 Å². The Morgan fingerprint density at radius 3 is 2.68 bits per heavy atom. The second kappa shape index (κ2) is 7.82. The van der Waals surface area contributed by atoms with E-state index in [1.165, 1.54) is 17.9 Å². The third-order valence-corrected chi connectivity index (χ3v) is 4.74. The van der Waals surface area contributed by atoms with Gasteiger partial charge in [0.2, 0.25) is 5.95 Å². The van der Waals surface area contributed by atoms with Crippen LogP contribution in [0, 0.1) is 6.92 Å². The molecule has 0 atom stereocenters. The van der Waals surface area contributed by atoms with Gasteiger partial charge in [0.1, 0.15) is 17.0 Å². The summed E-state index contributed by atoms with van der Waals surface area (Å²) in [5.41, 5.74) is -0.871. The standard InChI is InChI=1S/C18H12Cl2F3N7O/c1-9-5-12(18(21,22)23)30-15(25-9)13(20)14(27-30)16(31)26-17-24-8-29(28-17)7-10-3-2-4-11(19)6-10/h2-6,8H,7H2,1H3,(H,26,28,31). The number of rotatable bonds is 4. The van der Waals surface area contributed by atoms with E-state index in [1.807, 2.05) is 6.07 Å². The minimum Gasteiger partial charge on any atom is -0.288 e. The van der Waals surface area contributed by atoms with Gasteiger partial charge in [-0.1, -0.05) is 35.3 Å². The fourth-order valence-corrected chi connectivity index (χ4v) is 3.33. The number of carbonyl (C=O) groups excluding carboxylic acids is 1. The Labute approximate surface area is 182 Å². The molecule has 0 saturated heterocycles. The summed E-state index contributed by atoms with van der Waals surface area (Å²) in [6.45, 7) is 1.73. The van der Waals surface area contributed by atoms with E-state index in [9.17, 15) is 18.0 Å². The van der Waals surface area contributed by atoms with Gasteiger partial charge in [-0.2, -0.15) is 18.3 Å². The highest BCUT2D eigenvalue weighted by Gasteiger charge is 2.36. The van der Waals surface area contributed by atoms with Crippen LogP contribution in [-0.2, 0) is 12.7 Å². The van der Waals surface area contributed by atoms with E-state index < -0.39 is 23.5 Å². The number of aryl methyl sites for hydroxylation is 1. The summed E-state index contributed by atoms with van der Waals surface area (Å²) in [5.74, 6) is -0.942. The molecule has 0 fully saturated rings. The number of carbonyl (C=O) groups is 1. The molecule has 0 aliphatic carbocycles. The maximum Gasteiger partial charge on any atom is 0.433 e. The Morgan fingerprint density at radius 2 is 1.97 bits per heavy atom. The first-order chi connectivity index (χ1) is 14.6. The maximum atomic E-state index is 13.3. The molecule has 8 nitrogen and oxygen atoms in total. The molecule has 0 saturated carbocycles. The third kappa shape index (κ3) is 4.32. The van der Waals surface area contributed by atoms with Crippen molar-refractivity contribution in [2.45, 2.75) is 19.6 Å². The van der Waals surface area contributed by atoms with Crippen LogP contribution in [0.5, 0.6) is 0 Å². The molecule has 3 heterocycles. The summed E-state index contributed by atoms with van der Waals surface area (Å²) < 4.78 is 41.9. The molecule has 1 N–H and O–H groups in total. The molecule has 4 rings (SSSR count). The number of hydrogen-bond acceptors (Lipinski definition) is 5. The number of aromatic nitrogens is 6. The van der Waals surface area contributed by atoms with Gasteiger partial charge >= 0.3 is 6.18 Å². The van der Waals surface area contributed by atoms with Crippen molar-refractivity contribution >= 4 is 40.7 Å². The van der Waals surface area contributed by atoms with Gasteiger partial charge in [0, 0.05) is 10.7 Å². The van der Waals surface area contributed by atoms with Gasteiger partial charge in [-0.3, -0.25) is 10.1 Å². The predicted molar refractivity (Wildman–Crippen MR) is 106 cm³/mol. The van der Waals surface area contributed by atoms with Gasteiger partial charge < -0.3 is 0 Å². The highest BCUT2D eigenvalue weighted by molar-refractivity contribution is 6.37. The molecular weight excluding hydrogens is 458 g/mol. The van der Waals surface area contributed by atoms with Crippen molar-refractivity contribution in [3.05, 3.63) is 69.3 Å². The van der Waals surface area contributed by atoms with Gasteiger partial charge in [-0.15, -0.1) is 5.10 Å². The highest BCUT2D eigenvalue weighted by atomic mass is 35.5. The number of halogens is 5. The Bertz CT molecular complexity index is 1300. The van der Waals surface area contributed by atoms with E-state index in [2.05, 4.69) is 25.5 Å². The van der Waals surface area contributed by atoms with Gasteiger partial charge in [-0.25, -0.2) is 19.2 Å². The van der Waals surface area contributed by atoms with Crippen molar-refractivity contribution in [1.82, 2.24) is 29.4 Å². The summed E-state index contributed by atoms with van der Waals surface area (Å²) in [6, 6.07) is 7.93. The van der Waals surface area contributed by atoms with E-state index in [0.29, 0.717) is 16.1 Å². The summed E-state index contributed by atoms with van der Waals surface area (Å²) in [7, 11) is 0. The summed E-state index contributed by atoms with van der Waals surface area (Å²) in [6.07, 6.45) is -3.33. The lowest BCUT2D eigenvalue weighted by atomic mass is 10.2. The average Bonchev–Trinajstić information content (AvgIpc) is 3.25. The number of alkyl halides is 3. The molecule has 31 heavy (non-hydrogen) atoms. The highest BCUT2D eigenvalue weighted by Crippen LogP contribution is 2.32. The second-order valence-corrected chi connectivity index (χ2v) is 7.34. The predicted octanol–water partition coefficient (Wildman–Crippen LogP) is 4.26. The minimum atomic E-state index is -4.71. The largest absolute Gasteiger partial charge is 0.433 e. The zero-order chi connectivity index (χ0) is 22.3. The molecule has 0 bridgehead atoms. The molecule has 4 aromatic rings. The first kappa shape index (κ1) is 21.1. The summed E-state index contributed by atoms with van der Waals surface area (Å²) >= 11 is 12.1. The maximum absolute atomic E-state index is 13.3.